The van der Waals surface area contributed by atoms with Gasteiger partial charge in [-0.25, -0.2) is 8.42 Å². The molecule has 0 radical (unpaired) electrons. The summed E-state index contributed by atoms with van der Waals surface area (Å²) in [6, 6.07) is 0. The first-order valence-electron chi connectivity index (χ1n) is 3.86. The molecule has 0 unspecified atom stereocenters. The van der Waals surface area contributed by atoms with E-state index in [4.69, 9.17) is 0 Å². The first-order chi connectivity index (χ1) is 6.66. The molecule has 0 bridgehead atoms. The Kier molecular flexibility index (Phi) is 5.15. The molecule has 0 atom stereocenters. The van der Waals surface area contributed by atoms with E-state index >= 15 is 0 Å². The third-order valence-corrected chi connectivity index (χ3v) is 4.09. The number of hydrogen-bond acceptors (Lipinski definition) is 6. The normalized spacial score (nSPS) is 12.4. The van der Waals surface area contributed by atoms with Gasteiger partial charge in [-0.05, 0) is 0 Å². The highest BCUT2D eigenvalue weighted by Crippen LogP contribution is 1.99. The molecule has 0 aromatic rings. The topological polar surface area (TPSA) is 94.6 Å². The first kappa shape index (κ1) is 14.3. The average molecular weight is 262 g/mol. The van der Waals surface area contributed by atoms with Gasteiger partial charge in [0.15, 0.2) is 9.84 Å². The molecule has 0 aliphatic heterocycles. The standard InChI is InChI=1S/C6H11FO6S2/c1-13-6(8)2-3-14(9,10)4-5-15(7,11)12/h2-5H2,1H3. The highest BCUT2D eigenvalue weighted by Gasteiger charge is 2.18. The van der Waals surface area contributed by atoms with Crippen LogP contribution in [0.2, 0.25) is 0 Å². The zero-order valence-electron chi connectivity index (χ0n) is 7.97. The summed E-state index contributed by atoms with van der Waals surface area (Å²) in [5.74, 6) is -3.18. The van der Waals surface area contributed by atoms with Gasteiger partial charge in [0, 0.05) is 0 Å². The lowest BCUT2D eigenvalue weighted by Gasteiger charge is -2.01. The van der Waals surface area contributed by atoms with Crippen molar-refractivity contribution in [2.75, 3.05) is 24.4 Å². The number of rotatable bonds is 6. The zero-order valence-corrected chi connectivity index (χ0v) is 9.61. The summed E-state index contributed by atoms with van der Waals surface area (Å²) in [6.45, 7) is 0. The van der Waals surface area contributed by atoms with Crippen molar-refractivity contribution in [2.24, 2.45) is 0 Å². The highest BCUT2D eigenvalue weighted by molar-refractivity contribution is 7.93. The van der Waals surface area contributed by atoms with E-state index in [1.54, 1.807) is 0 Å². The molecule has 0 saturated carbocycles. The predicted octanol–water partition coefficient (Wildman–Crippen LogP) is -0.736. The molecule has 0 fully saturated rings. The number of esters is 1. The van der Waals surface area contributed by atoms with Crippen LogP contribution in [0.1, 0.15) is 6.42 Å². The van der Waals surface area contributed by atoms with Crippen LogP contribution in [-0.4, -0.2) is 47.2 Å². The van der Waals surface area contributed by atoms with Crippen molar-refractivity contribution in [3.63, 3.8) is 0 Å². The average Bonchev–Trinajstić information content (AvgIpc) is 2.10. The van der Waals surface area contributed by atoms with Crippen molar-refractivity contribution >= 4 is 26.0 Å². The van der Waals surface area contributed by atoms with E-state index in [1.807, 2.05) is 0 Å². The van der Waals surface area contributed by atoms with Crippen LogP contribution in [0.3, 0.4) is 0 Å². The minimum absolute atomic E-state index is 0.370. The third kappa shape index (κ3) is 8.30. The molecule has 0 N–H and O–H groups in total. The maximum atomic E-state index is 12.0. The number of carbonyl (C=O) groups excluding carboxylic acids is 1. The van der Waals surface area contributed by atoms with Crippen LogP contribution in [-0.2, 0) is 29.6 Å². The van der Waals surface area contributed by atoms with Crippen LogP contribution in [0.5, 0.6) is 0 Å². The molecule has 0 rings (SSSR count). The molecule has 90 valence electrons. The minimum atomic E-state index is -4.80. The van der Waals surface area contributed by atoms with E-state index in [0.29, 0.717) is 0 Å². The summed E-state index contributed by atoms with van der Waals surface area (Å²) in [6.07, 6.45) is -0.370. The third-order valence-electron chi connectivity index (χ3n) is 1.48. The van der Waals surface area contributed by atoms with Crippen LogP contribution < -0.4 is 0 Å². The molecule has 0 heterocycles. The van der Waals surface area contributed by atoms with E-state index in [2.05, 4.69) is 4.74 Å². The fourth-order valence-corrected chi connectivity index (χ4v) is 3.16. The van der Waals surface area contributed by atoms with Gasteiger partial charge in [-0.1, -0.05) is 0 Å². The SMILES string of the molecule is COC(=O)CCS(=O)(=O)CCS(=O)(=O)F. The number of carbonyl (C=O) groups is 1. The van der Waals surface area contributed by atoms with E-state index in [9.17, 15) is 25.5 Å². The Morgan fingerprint density at radius 1 is 1.13 bits per heavy atom. The van der Waals surface area contributed by atoms with Crippen LogP contribution >= 0.6 is 0 Å². The lowest BCUT2D eigenvalue weighted by Crippen LogP contribution is -2.19. The van der Waals surface area contributed by atoms with Crippen LogP contribution in [0, 0.1) is 0 Å². The Labute approximate surface area is 87.6 Å². The van der Waals surface area contributed by atoms with Crippen LogP contribution in [0.25, 0.3) is 0 Å². The summed E-state index contributed by atoms with van der Waals surface area (Å²) >= 11 is 0. The Bertz CT molecular complexity index is 409. The van der Waals surface area contributed by atoms with Gasteiger partial charge in [-0.2, -0.15) is 8.42 Å². The predicted molar refractivity (Wildman–Crippen MR) is 50.2 cm³/mol. The van der Waals surface area contributed by atoms with Gasteiger partial charge < -0.3 is 4.74 Å². The molecule has 0 aromatic carbocycles. The van der Waals surface area contributed by atoms with Gasteiger partial charge >= 0.3 is 16.2 Å². The lowest BCUT2D eigenvalue weighted by molar-refractivity contribution is -0.140. The van der Waals surface area contributed by atoms with Gasteiger partial charge in [-0.15, -0.1) is 3.89 Å². The van der Waals surface area contributed by atoms with E-state index in [-0.39, 0.29) is 6.42 Å². The van der Waals surface area contributed by atoms with Gasteiger partial charge in [0.25, 0.3) is 0 Å². The van der Waals surface area contributed by atoms with Crippen molar-refractivity contribution in [3.8, 4) is 0 Å². The second-order valence-corrected chi connectivity index (χ2v) is 6.51. The number of sulfone groups is 1. The number of hydrogen-bond donors (Lipinski definition) is 0. The fraction of sp³-hybridized carbons (Fsp3) is 0.833. The Hall–Kier alpha value is -0.700. The largest absolute Gasteiger partial charge is 0.469 e. The summed E-state index contributed by atoms with van der Waals surface area (Å²) in [4.78, 5) is 10.6. The summed E-state index contributed by atoms with van der Waals surface area (Å²) < 4.78 is 58.4. The molecule has 0 aromatic heterocycles. The molecule has 0 saturated heterocycles. The maximum Gasteiger partial charge on any atom is 0.306 e. The van der Waals surface area contributed by atoms with Gasteiger partial charge in [-0.3, -0.25) is 4.79 Å². The summed E-state index contributed by atoms with van der Waals surface area (Å²) in [5, 5.41) is 0. The van der Waals surface area contributed by atoms with Crippen molar-refractivity contribution in [3.05, 3.63) is 0 Å². The second-order valence-electron chi connectivity index (χ2n) is 2.72. The molecule has 9 heteroatoms. The van der Waals surface area contributed by atoms with E-state index < -0.39 is 43.3 Å². The lowest BCUT2D eigenvalue weighted by atomic mass is 10.5. The highest BCUT2D eigenvalue weighted by atomic mass is 32.3. The smallest absolute Gasteiger partial charge is 0.306 e. The quantitative estimate of drug-likeness (QED) is 0.462. The van der Waals surface area contributed by atoms with Gasteiger partial charge in [0.2, 0.25) is 0 Å². The van der Waals surface area contributed by atoms with Crippen LogP contribution in [0.15, 0.2) is 0 Å². The molecule has 0 spiro atoms. The molecular weight excluding hydrogens is 251 g/mol. The van der Waals surface area contributed by atoms with Crippen molar-refractivity contribution in [1.82, 2.24) is 0 Å². The van der Waals surface area contributed by atoms with Crippen molar-refractivity contribution in [1.29, 1.82) is 0 Å². The Balaban J connectivity index is 4.16. The molecule has 0 aliphatic carbocycles. The van der Waals surface area contributed by atoms with E-state index in [1.165, 1.54) is 0 Å². The molecule has 15 heavy (non-hydrogen) atoms. The molecule has 6 nitrogen and oxygen atoms in total. The second kappa shape index (κ2) is 5.40. The van der Waals surface area contributed by atoms with Crippen LogP contribution in [0.4, 0.5) is 3.89 Å². The van der Waals surface area contributed by atoms with E-state index in [0.717, 1.165) is 7.11 Å². The van der Waals surface area contributed by atoms with Crippen molar-refractivity contribution in [2.45, 2.75) is 6.42 Å². The Morgan fingerprint density at radius 2 is 1.67 bits per heavy atom. The monoisotopic (exact) mass is 262 g/mol. The molecule has 0 amide bonds. The zero-order chi connectivity index (χ0) is 12.1. The number of methoxy groups -OCH3 is 1. The first-order valence-corrected chi connectivity index (χ1v) is 7.23. The summed E-state index contributed by atoms with van der Waals surface area (Å²) in [7, 11) is -7.44. The maximum absolute atomic E-state index is 12.0. The minimum Gasteiger partial charge on any atom is -0.469 e. The fourth-order valence-electron chi connectivity index (χ4n) is 0.669. The van der Waals surface area contributed by atoms with Gasteiger partial charge in [0.1, 0.15) is 0 Å². The van der Waals surface area contributed by atoms with Gasteiger partial charge in [0.05, 0.1) is 30.8 Å². The molecular formula is C6H11FO6S2. The molecule has 0 aliphatic rings. The number of halogens is 1. The Morgan fingerprint density at radius 3 is 2.07 bits per heavy atom. The number of ether oxygens (including phenoxy) is 1. The van der Waals surface area contributed by atoms with Crippen molar-refractivity contribution < 1.29 is 30.3 Å². The summed E-state index contributed by atoms with van der Waals surface area (Å²) in [5.41, 5.74) is 0.